The molecule has 0 aliphatic heterocycles. The van der Waals surface area contributed by atoms with Crippen LogP contribution in [0.4, 0.5) is 0 Å². The van der Waals surface area contributed by atoms with Crippen LogP contribution >= 0.6 is 22.6 Å². The van der Waals surface area contributed by atoms with Crippen molar-refractivity contribution in [3.05, 3.63) is 81.1 Å². The second-order valence-corrected chi connectivity index (χ2v) is 5.81. The summed E-state index contributed by atoms with van der Waals surface area (Å²) in [6.07, 6.45) is 5.37. The Morgan fingerprint density at radius 1 is 1.05 bits per heavy atom. The quantitative estimate of drug-likeness (QED) is 0.423. The van der Waals surface area contributed by atoms with E-state index in [0.717, 1.165) is 18.4 Å². The van der Waals surface area contributed by atoms with Crippen LogP contribution in [0.3, 0.4) is 0 Å². The van der Waals surface area contributed by atoms with Crippen molar-refractivity contribution >= 4 is 22.6 Å². The van der Waals surface area contributed by atoms with Crippen LogP contribution in [0.5, 0.6) is 0 Å². The molecule has 1 nitrogen and oxygen atoms in total. The largest absolute Gasteiger partial charge is 0.505 e. The molecule has 0 amide bonds. The molecule has 0 fully saturated rings. The minimum absolute atomic E-state index is 0.767. The molecule has 2 rings (SSSR count). The average molecular weight is 388 g/mol. The molecule has 0 saturated heterocycles. The highest BCUT2D eigenvalue weighted by Gasteiger charge is 1.98. The summed E-state index contributed by atoms with van der Waals surface area (Å²) in [4.78, 5) is 0. The number of halogens is 1. The van der Waals surface area contributed by atoms with E-state index in [4.69, 9.17) is 4.74 Å². The zero-order chi connectivity index (χ0) is 14.9. The normalized spacial score (nSPS) is 10.2. The number of benzene rings is 2. The van der Waals surface area contributed by atoms with Gasteiger partial charge in [0, 0.05) is 15.6 Å². The molecule has 0 heterocycles. The molecule has 2 aromatic carbocycles. The first kappa shape index (κ1) is 15.7. The molecule has 0 N–H and O–H groups in total. The van der Waals surface area contributed by atoms with Crippen molar-refractivity contribution in [2.75, 3.05) is 7.11 Å². The topological polar surface area (TPSA) is 9.23 Å². The smallest absolute Gasteiger partial charge is 0.0788 e. The van der Waals surface area contributed by atoms with Gasteiger partial charge in [-0.25, -0.2) is 0 Å². The maximum atomic E-state index is 4.94. The molecule has 2 heteroatoms. The third-order valence-corrected chi connectivity index (χ3v) is 3.76. The fourth-order valence-electron chi connectivity index (χ4n) is 1.98. The Hall–Kier alpha value is -1.73. The molecule has 0 spiro atoms. The number of hydrogen-bond acceptors (Lipinski definition) is 1. The minimum atomic E-state index is 0.767. The highest BCUT2D eigenvalue weighted by atomic mass is 127. The van der Waals surface area contributed by atoms with Crippen molar-refractivity contribution in [3.8, 4) is 11.8 Å². The summed E-state index contributed by atoms with van der Waals surface area (Å²) in [5.74, 6) is 6.48. The van der Waals surface area contributed by atoms with Crippen LogP contribution in [-0.2, 0) is 17.6 Å². The second kappa shape index (κ2) is 8.53. The Morgan fingerprint density at radius 2 is 1.76 bits per heavy atom. The van der Waals surface area contributed by atoms with Crippen molar-refractivity contribution in [3.63, 3.8) is 0 Å². The SMILES string of the molecule is COC=CCc1ccccc1CC#Cc1ccc(I)cc1. The van der Waals surface area contributed by atoms with E-state index in [1.807, 2.05) is 6.08 Å². The molecule has 106 valence electrons. The fourth-order valence-corrected chi connectivity index (χ4v) is 2.33. The van der Waals surface area contributed by atoms with Gasteiger partial charge in [0.15, 0.2) is 0 Å². The van der Waals surface area contributed by atoms with Gasteiger partial charge in [-0.15, -0.1) is 0 Å². The second-order valence-electron chi connectivity index (χ2n) is 4.57. The summed E-state index contributed by atoms with van der Waals surface area (Å²) in [6.45, 7) is 0. The lowest BCUT2D eigenvalue weighted by atomic mass is 10.0. The van der Waals surface area contributed by atoms with Gasteiger partial charge in [0.1, 0.15) is 0 Å². The molecule has 0 radical (unpaired) electrons. The molecule has 0 atom stereocenters. The summed E-state index contributed by atoms with van der Waals surface area (Å²) >= 11 is 2.30. The van der Waals surface area contributed by atoms with Crippen LogP contribution in [0.25, 0.3) is 0 Å². The highest BCUT2D eigenvalue weighted by molar-refractivity contribution is 14.1. The summed E-state index contributed by atoms with van der Waals surface area (Å²) in [7, 11) is 1.66. The molecular weight excluding hydrogens is 371 g/mol. The average Bonchev–Trinajstić information content (AvgIpc) is 2.51. The summed E-state index contributed by atoms with van der Waals surface area (Å²) in [5.41, 5.74) is 3.63. The van der Waals surface area contributed by atoms with Crippen LogP contribution in [-0.4, -0.2) is 7.11 Å². The monoisotopic (exact) mass is 388 g/mol. The van der Waals surface area contributed by atoms with Gasteiger partial charge in [0.05, 0.1) is 13.4 Å². The van der Waals surface area contributed by atoms with Crippen molar-refractivity contribution < 1.29 is 4.74 Å². The van der Waals surface area contributed by atoms with E-state index in [9.17, 15) is 0 Å². The summed E-state index contributed by atoms with van der Waals surface area (Å²) in [5, 5.41) is 0. The number of allylic oxidation sites excluding steroid dienone is 1. The van der Waals surface area contributed by atoms with Gasteiger partial charge in [-0.1, -0.05) is 36.1 Å². The Kier molecular flexibility index (Phi) is 6.36. The maximum absolute atomic E-state index is 4.94. The molecule has 0 aliphatic rings. The Morgan fingerprint density at radius 3 is 2.48 bits per heavy atom. The molecule has 2 aromatic rings. The first-order valence-electron chi connectivity index (χ1n) is 6.78. The molecular formula is C19H17IO. The molecule has 0 aromatic heterocycles. The highest BCUT2D eigenvalue weighted by Crippen LogP contribution is 2.11. The molecule has 0 unspecified atom stereocenters. The van der Waals surface area contributed by atoms with E-state index in [1.165, 1.54) is 14.7 Å². The van der Waals surface area contributed by atoms with Crippen molar-refractivity contribution in [1.29, 1.82) is 0 Å². The number of rotatable bonds is 4. The number of hydrogen-bond donors (Lipinski definition) is 0. The van der Waals surface area contributed by atoms with Crippen LogP contribution in [0.2, 0.25) is 0 Å². The Balaban J connectivity index is 2.06. The zero-order valence-corrected chi connectivity index (χ0v) is 14.1. The number of ether oxygens (including phenoxy) is 1. The van der Waals surface area contributed by atoms with Gasteiger partial charge in [-0.2, -0.15) is 0 Å². The third-order valence-electron chi connectivity index (χ3n) is 3.04. The van der Waals surface area contributed by atoms with Crippen molar-refractivity contribution in [1.82, 2.24) is 0 Å². The van der Waals surface area contributed by atoms with E-state index in [1.54, 1.807) is 13.4 Å². The van der Waals surface area contributed by atoms with Gasteiger partial charge in [0.25, 0.3) is 0 Å². The first-order valence-corrected chi connectivity index (χ1v) is 7.86. The van der Waals surface area contributed by atoms with E-state index >= 15 is 0 Å². The molecule has 0 bridgehead atoms. The standard InChI is InChI=1S/C19H17IO/c1-21-15-5-10-18-8-3-2-7-17(18)9-4-6-16-11-13-19(20)14-12-16/h2-3,5,7-8,11-15H,9-10H2,1H3. The summed E-state index contributed by atoms with van der Waals surface area (Å²) < 4.78 is 6.17. The van der Waals surface area contributed by atoms with E-state index < -0.39 is 0 Å². The van der Waals surface area contributed by atoms with Crippen LogP contribution in [0, 0.1) is 15.4 Å². The van der Waals surface area contributed by atoms with E-state index in [0.29, 0.717) is 0 Å². The van der Waals surface area contributed by atoms with E-state index in [2.05, 4.69) is 83.0 Å². The molecule has 21 heavy (non-hydrogen) atoms. The zero-order valence-electron chi connectivity index (χ0n) is 12.0. The van der Waals surface area contributed by atoms with Gasteiger partial charge in [-0.05, 0) is 70.5 Å². The van der Waals surface area contributed by atoms with Crippen LogP contribution in [0.15, 0.2) is 60.9 Å². The predicted molar refractivity (Wildman–Crippen MR) is 96.0 cm³/mol. The molecule has 0 saturated carbocycles. The van der Waals surface area contributed by atoms with E-state index in [-0.39, 0.29) is 0 Å². The van der Waals surface area contributed by atoms with Gasteiger partial charge >= 0.3 is 0 Å². The van der Waals surface area contributed by atoms with Gasteiger partial charge < -0.3 is 4.74 Å². The van der Waals surface area contributed by atoms with Gasteiger partial charge in [-0.3, -0.25) is 0 Å². The number of methoxy groups -OCH3 is 1. The minimum Gasteiger partial charge on any atom is -0.505 e. The fraction of sp³-hybridized carbons (Fsp3) is 0.158. The lowest BCUT2D eigenvalue weighted by Crippen LogP contribution is -1.91. The maximum Gasteiger partial charge on any atom is 0.0788 e. The van der Waals surface area contributed by atoms with Gasteiger partial charge in [0.2, 0.25) is 0 Å². The predicted octanol–water partition coefficient (Wildman–Crippen LogP) is 4.59. The Labute approximate surface area is 140 Å². The third kappa shape index (κ3) is 5.28. The van der Waals surface area contributed by atoms with Crippen molar-refractivity contribution in [2.45, 2.75) is 12.8 Å². The molecule has 0 aliphatic carbocycles. The van der Waals surface area contributed by atoms with Crippen molar-refractivity contribution in [2.24, 2.45) is 0 Å². The summed E-state index contributed by atoms with van der Waals surface area (Å²) in [6, 6.07) is 16.7. The van der Waals surface area contributed by atoms with Crippen LogP contribution < -0.4 is 0 Å². The first-order chi connectivity index (χ1) is 10.3. The Bertz CT molecular complexity index is 660. The van der Waals surface area contributed by atoms with Crippen LogP contribution in [0.1, 0.15) is 16.7 Å². The lowest BCUT2D eigenvalue weighted by Gasteiger charge is -2.03. The lowest BCUT2D eigenvalue weighted by molar-refractivity contribution is 0.337.